The lowest BCUT2D eigenvalue weighted by Gasteiger charge is -2.07. The lowest BCUT2D eigenvalue weighted by molar-refractivity contribution is -0.133. The fourth-order valence-corrected chi connectivity index (χ4v) is 1.20. The van der Waals surface area contributed by atoms with Crippen molar-refractivity contribution in [2.24, 2.45) is 7.05 Å². The van der Waals surface area contributed by atoms with Crippen molar-refractivity contribution in [3.05, 3.63) is 23.3 Å². The first-order valence-electron chi connectivity index (χ1n) is 5.65. The number of hydrogen-bond donors (Lipinski definition) is 3. The Morgan fingerprint density at radius 2 is 1.95 bits per heavy atom. The predicted molar refractivity (Wildman–Crippen MR) is 67.4 cm³/mol. The van der Waals surface area contributed by atoms with Gasteiger partial charge in [0.2, 0.25) is 0 Å². The average molecular weight is 281 g/mol. The SMILES string of the molecule is CC(C(=O)O)=C(C)C(=O)NC(=O)NCc1nncn1C. The largest absolute Gasteiger partial charge is 0.478 e. The van der Waals surface area contributed by atoms with Crippen LogP contribution in [0, 0.1) is 0 Å². The smallest absolute Gasteiger partial charge is 0.331 e. The minimum absolute atomic E-state index is 0.0358. The second-order valence-corrected chi connectivity index (χ2v) is 4.05. The van der Waals surface area contributed by atoms with Crippen molar-refractivity contribution in [3.63, 3.8) is 0 Å². The Morgan fingerprint density at radius 1 is 1.30 bits per heavy atom. The predicted octanol–water partition coefficient (Wildman–Crippen LogP) is -0.438. The van der Waals surface area contributed by atoms with Crippen LogP contribution in [0.3, 0.4) is 0 Å². The summed E-state index contributed by atoms with van der Waals surface area (Å²) in [6.45, 7) is 2.71. The van der Waals surface area contributed by atoms with Crippen LogP contribution in [-0.2, 0) is 23.2 Å². The van der Waals surface area contributed by atoms with E-state index in [0.29, 0.717) is 5.82 Å². The molecule has 3 N–H and O–H groups in total. The molecule has 0 bridgehead atoms. The highest BCUT2D eigenvalue weighted by Crippen LogP contribution is 2.03. The zero-order chi connectivity index (χ0) is 15.3. The Balaban J connectivity index is 2.55. The fraction of sp³-hybridized carbons (Fsp3) is 0.364. The molecule has 0 radical (unpaired) electrons. The molecule has 0 aliphatic heterocycles. The molecular weight excluding hydrogens is 266 g/mol. The maximum Gasteiger partial charge on any atom is 0.331 e. The summed E-state index contributed by atoms with van der Waals surface area (Å²) in [4.78, 5) is 33.8. The van der Waals surface area contributed by atoms with E-state index in [1.54, 1.807) is 11.6 Å². The van der Waals surface area contributed by atoms with Gasteiger partial charge in [-0.05, 0) is 13.8 Å². The summed E-state index contributed by atoms with van der Waals surface area (Å²) in [6, 6.07) is -0.740. The zero-order valence-corrected chi connectivity index (χ0v) is 11.3. The molecule has 1 aromatic heterocycles. The van der Waals surface area contributed by atoms with Gasteiger partial charge in [-0.15, -0.1) is 10.2 Å². The minimum Gasteiger partial charge on any atom is -0.478 e. The van der Waals surface area contributed by atoms with Crippen LogP contribution < -0.4 is 10.6 Å². The number of amides is 3. The topological polar surface area (TPSA) is 126 Å². The molecule has 3 amide bonds. The van der Waals surface area contributed by atoms with Crippen LogP contribution in [0.15, 0.2) is 17.5 Å². The van der Waals surface area contributed by atoms with Gasteiger partial charge in [0.15, 0.2) is 5.82 Å². The molecule has 0 saturated carbocycles. The summed E-state index contributed by atoms with van der Waals surface area (Å²) >= 11 is 0. The average Bonchev–Trinajstić information content (AvgIpc) is 2.79. The van der Waals surface area contributed by atoms with Crippen molar-refractivity contribution in [3.8, 4) is 0 Å². The molecule has 0 unspecified atom stereocenters. The van der Waals surface area contributed by atoms with E-state index in [4.69, 9.17) is 5.11 Å². The van der Waals surface area contributed by atoms with Gasteiger partial charge in [-0.1, -0.05) is 0 Å². The highest BCUT2D eigenvalue weighted by molar-refractivity contribution is 6.07. The van der Waals surface area contributed by atoms with Gasteiger partial charge in [-0.25, -0.2) is 9.59 Å². The molecule has 9 heteroatoms. The summed E-state index contributed by atoms with van der Waals surface area (Å²) < 4.78 is 1.61. The van der Waals surface area contributed by atoms with Crippen LogP contribution in [0.1, 0.15) is 19.7 Å². The van der Waals surface area contributed by atoms with Crippen molar-refractivity contribution in [2.45, 2.75) is 20.4 Å². The van der Waals surface area contributed by atoms with Gasteiger partial charge in [-0.2, -0.15) is 0 Å². The Hall–Kier alpha value is -2.71. The second kappa shape index (κ2) is 6.45. The molecule has 20 heavy (non-hydrogen) atoms. The third-order valence-electron chi connectivity index (χ3n) is 2.66. The summed E-state index contributed by atoms with van der Waals surface area (Å²) in [5, 5.41) is 20.6. The van der Waals surface area contributed by atoms with Gasteiger partial charge in [0, 0.05) is 18.2 Å². The van der Waals surface area contributed by atoms with Crippen LogP contribution in [-0.4, -0.2) is 37.8 Å². The van der Waals surface area contributed by atoms with Gasteiger partial charge in [0.05, 0.1) is 6.54 Å². The molecule has 0 fully saturated rings. The number of nitrogens with zero attached hydrogens (tertiary/aromatic N) is 3. The number of nitrogens with one attached hydrogen (secondary N) is 2. The lowest BCUT2D eigenvalue weighted by atomic mass is 10.1. The van der Waals surface area contributed by atoms with Crippen LogP contribution >= 0.6 is 0 Å². The van der Waals surface area contributed by atoms with E-state index in [2.05, 4.69) is 15.5 Å². The Bertz CT molecular complexity index is 575. The van der Waals surface area contributed by atoms with E-state index in [-0.39, 0.29) is 17.7 Å². The number of imide groups is 1. The lowest BCUT2D eigenvalue weighted by Crippen LogP contribution is -2.40. The summed E-state index contributed by atoms with van der Waals surface area (Å²) in [6.07, 6.45) is 1.48. The number of carboxylic acid groups (broad SMARTS) is 1. The minimum atomic E-state index is -1.21. The van der Waals surface area contributed by atoms with Crippen LogP contribution in [0.5, 0.6) is 0 Å². The molecule has 1 heterocycles. The normalized spacial score (nSPS) is 11.6. The van der Waals surface area contributed by atoms with Gasteiger partial charge in [0.25, 0.3) is 5.91 Å². The van der Waals surface area contributed by atoms with E-state index in [9.17, 15) is 14.4 Å². The number of carbonyl (C=O) groups is 3. The maximum atomic E-state index is 11.6. The highest BCUT2D eigenvalue weighted by Gasteiger charge is 2.15. The Kier molecular flexibility index (Phi) is 4.95. The molecule has 1 rings (SSSR count). The van der Waals surface area contributed by atoms with Crippen LogP contribution in [0.4, 0.5) is 4.79 Å². The summed E-state index contributed by atoms with van der Waals surface area (Å²) in [5.74, 6) is -1.46. The first-order valence-corrected chi connectivity index (χ1v) is 5.65. The van der Waals surface area contributed by atoms with E-state index in [1.807, 2.05) is 5.32 Å². The Morgan fingerprint density at radius 3 is 2.45 bits per heavy atom. The molecule has 0 aromatic carbocycles. The maximum absolute atomic E-state index is 11.6. The fourth-order valence-electron chi connectivity index (χ4n) is 1.20. The molecule has 0 saturated heterocycles. The first kappa shape index (κ1) is 15.3. The molecule has 1 aromatic rings. The van der Waals surface area contributed by atoms with Crippen molar-refractivity contribution in [1.29, 1.82) is 0 Å². The van der Waals surface area contributed by atoms with Crippen molar-refractivity contribution in [1.82, 2.24) is 25.4 Å². The summed E-state index contributed by atoms with van der Waals surface area (Å²) in [5.41, 5.74) is -0.157. The zero-order valence-electron chi connectivity index (χ0n) is 11.3. The molecular formula is C11H15N5O4. The standard InChI is InChI=1S/C11H15N5O4/c1-6(7(2)10(18)19)9(17)14-11(20)12-4-8-15-13-5-16(8)3/h5H,4H2,1-3H3,(H,18,19)(H2,12,14,17,20). The van der Waals surface area contributed by atoms with Gasteiger partial charge in [-0.3, -0.25) is 10.1 Å². The highest BCUT2D eigenvalue weighted by atomic mass is 16.4. The van der Waals surface area contributed by atoms with Crippen molar-refractivity contribution >= 4 is 17.9 Å². The number of carbonyl (C=O) groups excluding carboxylic acids is 2. The molecule has 0 aliphatic carbocycles. The van der Waals surface area contributed by atoms with Crippen molar-refractivity contribution < 1.29 is 19.5 Å². The Labute approximate surface area is 114 Å². The second-order valence-electron chi connectivity index (χ2n) is 4.05. The van der Waals surface area contributed by atoms with E-state index in [1.165, 1.54) is 20.2 Å². The number of urea groups is 1. The number of aromatic nitrogens is 3. The number of aliphatic carboxylic acids is 1. The quantitative estimate of drug-likeness (QED) is 0.642. The van der Waals surface area contributed by atoms with Crippen LogP contribution in [0.2, 0.25) is 0 Å². The third kappa shape index (κ3) is 3.90. The molecule has 9 nitrogen and oxygen atoms in total. The first-order chi connectivity index (χ1) is 9.32. The monoisotopic (exact) mass is 281 g/mol. The molecule has 0 aliphatic rings. The molecule has 108 valence electrons. The van der Waals surface area contributed by atoms with Gasteiger partial charge >= 0.3 is 12.0 Å². The number of aryl methyl sites for hydroxylation is 1. The third-order valence-corrected chi connectivity index (χ3v) is 2.66. The molecule has 0 spiro atoms. The number of hydrogen-bond acceptors (Lipinski definition) is 5. The van der Waals surface area contributed by atoms with Crippen molar-refractivity contribution in [2.75, 3.05) is 0 Å². The van der Waals surface area contributed by atoms with E-state index in [0.717, 1.165) is 0 Å². The van der Waals surface area contributed by atoms with Crippen LogP contribution in [0.25, 0.3) is 0 Å². The van der Waals surface area contributed by atoms with E-state index < -0.39 is 17.9 Å². The summed E-state index contributed by atoms with van der Waals surface area (Å²) in [7, 11) is 1.71. The van der Waals surface area contributed by atoms with Gasteiger partial charge < -0.3 is 15.0 Å². The van der Waals surface area contributed by atoms with Gasteiger partial charge in [0.1, 0.15) is 6.33 Å². The molecule has 0 atom stereocenters. The number of carboxylic acids is 1. The number of rotatable bonds is 4. The van der Waals surface area contributed by atoms with E-state index >= 15 is 0 Å².